The molecule has 0 rings (SSSR count). The van der Waals surface area contributed by atoms with Crippen molar-refractivity contribution in [3.8, 4) is 0 Å². The monoisotopic (exact) mass is 292 g/mol. The van der Waals surface area contributed by atoms with E-state index in [4.69, 9.17) is 0 Å². The van der Waals surface area contributed by atoms with Crippen molar-refractivity contribution < 1.29 is 0 Å². The van der Waals surface area contributed by atoms with Crippen LogP contribution in [-0.2, 0) is 0 Å². The van der Waals surface area contributed by atoms with E-state index in [2.05, 4.69) is 13.8 Å². The first kappa shape index (κ1) is 18.9. The van der Waals surface area contributed by atoms with Gasteiger partial charge >= 0.3 is 120 Å². The molecule has 0 saturated carbocycles. The second kappa shape index (κ2) is 17.9. The Morgan fingerprint density at radius 2 is 1.11 bits per heavy atom. The van der Waals surface area contributed by atoms with Crippen LogP contribution in [0.15, 0.2) is 0 Å². The maximum atomic E-state index is 2.30. The minimum absolute atomic E-state index is 0.357. The molecule has 112 valence electrons. The van der Waals surface area contributed by atoms with Gasteiger partial charge in [0.05, 0.1) is 0 Å². The van der Waals surface area contributed by atoms with E-state index >= 15 is 0 Å². The van der Waals surface area contributed by atoms with Crippen molar-refractivity contribution in [2.75, 3.05) is 12.3 Å². The van der Waals surface area contributed by atoms with Crippen LogP contribution >= 0.6 is 16.5 Å². The molecule has 0 aromatic rings. The molecule has 0 aromatic carbocycles. The van der Waals surface area contributed by atoms with Gasteiger partial charge in [0.1, 0.15) is 0 Å². The zero-order chi connectivity index (χ0) is 13.3. The summed E-state index contributed by atoms with van der Waals surface area (Å²) in [5.41, 5.74) is 0. The summed E-state index contributed by atoms with van der Waals surface area (Å²) in [6.07, 6.45) is 21.0. The normalized spacial score (nSPS) is 11.9. The Balaban J connectivity index is 2.86. The number of hydrogen-bond acceptors (Lipinski definition) is 0. The molecule has 0 nitrogen and oxygen atoms in total. The first-order valence-electron chi connectivity index (χ1n) is 8.62. The Hall–Kier alpha value is 0.860. The van der Waals surface area contributed by atoms with Gasteiger partial charge in [-0.1, -0.05) is 0 Å². The predicted octanol–water partition coefficient (Wildman–Crippen LogP) is 6.44. The fraction of sp³-hybridized carbons (Fsp3) is 1.00. The van der Waals surface area contributed by atoms with Crippen LogP contribution in [-0.4, -0.2) is 12.3 Å². The third-order valence-corrected chi connectivity index (χ3v) is 8.76. The summed E-state index contributed by atoms with van der Waals surface area (Å²) in [6.45, 7) is 4.60. The average Bonchev–Trinajstić information content (AvgIpc) is 2.39. The molecule has 0 amide bonds. The molecule has 0 radical (unpaired) electrons. The summed E-state index contributed by atoms with van der Waals surface area (Å²) in [6, 6.07) is 0. The maximum absolute atomic E-state index is 2.30. The van der Waals surface area contributed by atoms with Gasteiger partial charge in [0.25, 0.3) is 0 Å². The van der Waals surface area contributed by atoms with Crippen molar-refractivity contribution in [1.29, 1.82) is 0 Å². The van der Waals surface area contributed by atoms with Crippen LogP contribution < -0.4 is 0 Å². The summed E-state index contributed by atoms with van der Waals surface area (Å²) in [7, 11) is 1.75. The topological polar surface area (TPSA) is 0 Å². The van der Waals surface area contributed by atoms with Gasteiger partial charge in [0.15, 0.2) is 0 Å². The fourth-order valence-electron chi connectivity index (χ4n) is 2.36. The fourth-order valence-corrected chi connectivity index (χ4v) is 6.97. The van der Waals surface area contributed by atoms with Crippen molar-refractivity contribution in [2.24, 2.45) is 0 Å². The van der Waals surface area contributed by atoms with Gasteiger partial charge in [-0.3, -0.25) is 0 Å². The van der Waals surface area contributed by atoms with Gasteiger partial charge in [-0.15, -0.1) is 0 Å². The van der Waals surface area contributed by atoms with Crippen LogP contribution in [0.1, 0.15) is 90.9 Å². The molecule has 1 unspecified atom stereocenters. The van der Waals surface area contributed by atoms with E-state index in [0.29, 0.717) is 8.27 Å². The Bertz CT molecular complexity index is 121. The molecule has 2 heteroatoms. The van der Waals surface area contributed by atoms with Crippen molar-refractivity contribution in [3.63, 3.8) is 0 Å². The summed E-state index contributed by atoms with van der Waals surface area (Å²) >= 11 is 0. The summed E-state index contributed by atoms with van der Waals surface area (Å²) in [4.78, 5) is 0. The second-order valence-corrected chi connectivity index (χ2v) is 10.8. The van der Waals surface area contributed by atoms with E-state index in [1.807, 2.05) is 0 Å². The summed E-state index contributed by atoms with van der Waals surface area (Å²) < 4.78 is 0. The molecule has 0 fully saturated rings. The van der Waals surface area contributed by atoms with E-state index < -0.39 is 0 Å². The molecule has 0 aliphatic carbocycles. The SMILES string of the molecule is CCCCCCCCCP[PH3]CCCCCCC. The van der Waals surface area contributed by atoms with Crippen LogP contribution in [0.3, 0.4) is 0 Å². The van der Waals surface area contributed by atoms with Crippen LogP contribution in [0.4, 0.5) is 0 Å². The molecule has 18 heavy (non-hydrogen) atoms. The number of unbranched alkanes of at least 4 members (excludes halogenated alkanes) is 10. The van der Waals surface area contributed by atoms with E-state index in [1.54, 1.807) is 18.7 Å². The zero-order valence-electron chi connectivity index (χ0n) is 13.1. The first-order valence-corrected chi connectivity index (χ1v) is 13.2. The third-order valence-electron chi connectivity index (χ3n) is 3.66. The van der Waals surface area contributed by atoms with Crippen molar-refractivity contribution in [1.82, 2.24) is 0 Å². The van der Waals surface area contributed by atoms with E-state index in [1.165, 1.54) is 78.9 Å². The van der Waals surface area contributed by atoms with Gasteiger partial charge in [-0.05, 0) is 0 Å². The minimum atomic E-state index is 0.357. The molecular formula is C16H38P2. The Morgan fingerprint density at radius 1 is 0.611 bits per heavy atom. The molecule has 0 aliphatic rings. The first-order chi connectivity index (χ1) is 8.91. The van der Waals surface area contributed by atoms with E-state index in [9.17, 15) is 0 Å². The van der Waals surface area contributed by atoms with Crippen LogP contribution in [0.5, 0.6) is 0 Å². The third kappa shape index (κ3) is 16.9. The van der Waals surface area contributed by atoms with Gasteiger partial charge in [-0.25, -0.2) is 0 Å². The predicted molar refractivity (Wildman–Crippen MR) is 95.9 cm³/mol. The van der Waals surface area contributed by atoms with E-state index in [0.717, 1.165) is 0 Å². The molecule has 0 bridgehead atoms. The van der Waals surface area contributed by atoms with Crippen molar-refractivity contribution >= 4 is 16.5 Å². The summed E-state index contributed by atoms with van der Waals surface area (Å²) in [5.74, 6) is 0. The van der Waals surface area contributed by atoms with Crippen LogP contribution in [0.25, 0.3) is 0 Å². The average molecular weight is 292 g/mol. The van der Waals surface area contributed by atoms with Gasteiger partial charge < -0.3 is 0 Å². The molecule has 0 saturated heterocycles. The number of rotatable bonds is 15. The van der Waals surface area contributed by atoms with Gasteiger partial charge in [0.2, 0.25) is 0 Å². The quantitative estimate of drug-likeness (QED) is 0.240. The molecule has 1 atom stereocenters. The van der Waals surface area contributed by atoms with Gasteiger partial charge in [-0.2, -0.15) is 0 Å². The molecule has 0 aromatic heterocycles. The Morgan fingerprint density at radius 3 is 1.72 bits per heavy atom. The molecule has 0 spiro atoms. The van der Waals surface area contributed by atoms with Gasteiger partial charge in [0, 0.05) is 0 Å². The second-order valence-electron chi connectivity index (χ2n) is 5.64. The van der Waals surface area contributed by atoms with Crippen molar-refractivity contribution in [3.05, 3.63) is 0 Å². The molecule has 0 N–H and O–H groups in total. The van der Waals surface area contributed by atoms with Crippen LogP contribution in [0, 0.1) is 0 Å². The van der Waals surface area contributed by atoms with E-state index in [-0.39, 0.29) is 0 Å². The molecule has 0 aliphatic heterocycles. The standard InChI is InChI=1S/C16H38P2/c1-3-5-7-9-10-12-14-16-18-17-15-13-11-8-6-4-2/h18H,3-16H2,1-2,17H3. The Labute approximate surface area is 120 Å². The number of hydrogen-bond donors (Lipinski definition) is 0. The van der Waals surface area contributed by atoms with Crippen molar-refractivity contribution in [2.45, 2.75) is 90.9 Å². The van der Waals surface area contributed by atoms with Crippen LogP contribution in [0.2, 0.25) is 0 Å². The zero-order valence-corrected chi connectivity index (χ0v) is 15.5. The Kier molecular flexibility index (Phi) is 18.7. The molecule has 0 heterocycles. The molecular weight excluding hydrogens is 254 g/mol. The summed E-state index contributed by atoms with van der Waals surface area (Å²) in [5, 5.41) is 0.